The van der Waals surface area contributed by atoms with Gasteiger partial charge in [0.2, 0.25) is 10.0 Å². The van der Waals surface area contributed by atoms with Crippen molar-refractivity contribution in [3.05, 3.63) is 65.4 Å². The molecular weight excluding hydrogens is 437 g/mol. The van der Waals surface area contributed by atoms with Crippen LogP contribution in [0.25, 0.3) is 5.82 Å². The van der Waals surface area contributed by atoms with Crippen LogP contribution in [0.4, 0.5) is 10.1 Å². The van der Waals surface area contributed by atoms with E-state index in [1.165, 1.54) is 16.6 Å². The highest BCUT2D eigenvalue weighted by Crippen LogP contribution is 2.24. The van der Waals surface area contributed by atoms with Gasteiger partial charge in [-0.25, -0.2) is 22.5 Å². The summed E-state index contributed by atoms with van der Waals surface area (Å²) in [6, 6.07) is 8.61. The van der Waals surface area contributed by atoms with E-state index in [2.05, 4.69) is 15.4 Å². The average molecular weight is 460 g/mol. The Kier molecular flexibility index (Phi) is 6.04. The highest BCUT2D eigenvalue weighted by atomic mass is 32.2. The van der Waals surface area contributed by atoms with Gasteiger partial charge >= 0.3 is 0 Å². The molecule has 1 saturated heterocycles. The molecule has 0 unspecified atom stereocenters. The number of amides is 1. The summed E-state index contributed by atoms with van der Waals surface area (Å²) in [6.45, 7) is 4.56. The molecule has 2 aromatic heterocycles. The summed E-state index contributed by atoms with van der Waals surface area (Å²) in [5.74, 6) is -0.822. The Morgan fingerprint density at radius 1 is 1.12 bits per heavy atom. The number of benzene rings is 1. The molecular formula is C21H22FN5O4S. The molecule has 1 fully saturated rings. The predicted molar refractivity (Wildman–Crippen MR) is 115 cm³/mol. The summed E-state index contributed by atoms with van der Waals surface area (Å²) in [7, 11) is -4.05. The Bertz CT molecular complexity index is 1250. The Hall–Kier alpha value is -3.15. The maximum Gasteiger partial charge on any atom is 0.257 e. The zero-order valence-electron chi connectivity index (χ0n) is 17.6. The molecule has 1 aliphatic heterocycles. The van der Waals surface area contributed by atoms with Gasteiger partial charge < -0.3 is 10.1 Å². The number of morpholine rings is 1. The van der Waals surface area contributed by atoms with Crippen LogP contribution in [-0.2, 0) is 14.8 Å². The minimum absolute atomic E-state index is 0.144. The zero-order chi connectivity index (χ0) is 22.9. The second kappa shape index (κ2) is 8.77. The summed E-state index contributed by atoms with van der Waals surface area (Å²) < 4.78 is 48.0. The first-order chi connectivity index (χ1) is 15.3. The van der Waals surface area contributed by atoms with Crippen LogP contribution in [0.3, 0.4) is 0 Å². The Balaban J connectivity index is 1.53. The minimum Gasteiger partial charge on any atom is -0.379 e. The number of carbonyl (C=O) groups is 1. The van der Waals surface area contributed by atoms with E-state index in [1.54, 1.807) is 16.8 Å². The maximum absolute atomic E-state index is 14.4. The lowest BCUT2D eigenvalue weighted by Crippen LogP contribution is -2.40. The number of ether oxygens (including phenoxy) is 1. The fourth-order valence-electron chi connectivity index (χ4n) is 3.41. The average Bonchev–Trinajstić information content (AvgIpc) is 3.13. The number of aromatic nitrogens is 3. The van der Waals surface area contributed by atoms with Crippen LogP contribution in [0.2, 0.25) is 0 Å². The third-order valence-corrected chi connectivity index (χ3v) is 6.93. The molecule has 0 bridgehead atoms. The minimum atomic E-state index is -4.05. The lowest BCUT2D eigenvalue weighted by Gasteiger charge is -2.26. The number of sulfonamides is 1. The van der Waals surface area contributed by atoms with Crippen LogP contribution in [0, 0.1) is 19.7 Å². The molecule has 32 heavy (non-hydrogen) atoms. The van der Waals surface area contributed by atoms with Gasteiger partial charge in [-0.15, -0.1) is 0 Å². The first-order valence-electron chi connectivity index (χ1n) is 9.94. The van der Waals surface area contributed by atoms with Gasteiger partial charge in [-0.1, -0.05) is 0 Å². The molecule has 0 atom stereocenters. The van der Waals surface area contributed by atoms with Crippen molar-refractivity contribution in [2.45, 2.75) is 18.7 Å². The van der Waals surface area contributed by atoms with E-state index in [1.807, 2.05) is 19.9 Å². The topological polar surface area (TPSA) is 106 Å². The number of nitrogens with one attached hydrogen (secondary N) is 1. The number of halogens is 1. The van der Waals surface area contributed by atoms with Crippen molar-refractivity contribution in [1.82, 2.24) is 19.1 Å². The number of anilines is 1. The molecule has 4 rings (SSSR count). The van der Waals surface area contributed by atoms with E-state index in [4.69, 9.17) is 4.74 Å². The van der Waals surface area contributed by atoms with Gasteiger partial charge in [0, 0.05) is 30.7 Å². The zero-order valence-corrected chi connectivity index (χ0v) is 18.4. The van der Waals surface area contributed by atoms with Gasteiger partial charge in [0.25, 0.3) is 5.91 Å². The van der Waals surface area contributed by atoms with E-state index in [0.29, 0.717) is 5.82 Å². The molecule has 0 aliphatic carbocycles. The summed E-state index contributed by atoms with van der Waals surface area (Å²) in [5.41, 5.74) is 2.18. The Labute approximate surface area is 184 Å². The standard InChI is InChI=1S/C21H22FN5O4S/c1-14-11-15(2)27(25-14)20-6-3-16(13-23-20)21(28)24-17-4-5-18(22)19(12-17)32(29,30)26-7-9-31-10-8-26/h3-6,11-13H,7-10H2,1-2H3,(H,24,28). The molecule has 3 heterocycles. The fraction of sp³-hybridized carbons (Fsp3) is 0.286. The van der Waals surface area contributed by atoms with Crippen LogP contribution in [0.15, 0.2) is 47.5 Å². The third kappa shape index (κ3) is 4.40. The van der Waals surface area contributed by atoms with Crippen LogP contribution in [0.1, 0.15) is 21.7 Å². The fourth-order valence-corrected chi connectivity index (χ4v) is 4.91. The Morgan fingerprint density at radius 2 is 1.88 bits per heavy atom. The number of rotatable bonds is 5. The van der Waals surface area contributed by atoms with Crippen molar-refractivity contribution in [2.24, 2.45) is 0 Å². The van der Waals surface area contributed by atoms with Crippen molar-refractivity contribution in [3.8, 4) is 5.82 Å². The molecule has 1 N–H and O–H groups in total. The largest absolute Gasteiger partial charge is 0.379 e. The van der Waals surface area contributed by atoms with Gasteiger partial charge in [-0.05, 0) is 50.2 Å². The predicted octanol–water partition coefficient (Wildman–Crippen LogP) is 2.30. The number of carbonyl (C=O) groups excluding carboxylic acids is 1. The van der Waals surface area contributed by atoms with Gasteiger partial charge in [0.1, 0.15) is 10.7 Å². The highest BCUT2D eigenvalue weighted by Gasteiger charge is 2.29. The number of aryl methyl sites for hydroxylation is 2. The lowest BCUT2D eigenvalue weighted by atomic mass is 10.2. The first-order valence-corrected chi connectivity index (χ1v) is 11.4. The Morgan fingerprint density at radius 3 is 2.50 bits per heavy atom. The van der Waals surface area contributed by atoms with Crippen LogP contribution in [-0.4, -0.2) is 59.7 Å². The smallest absolute Gasteiger partial charge is 0.257 e. The summed E-state index contributed by atoms with van der Waals surface area (Å²) in [5, 5.41) is 6.95. The summed E-state index contributed by atoms with van der Waals surface area (Å²) in [4.78, 5) is 16.4. The summed E-state index contributed by atoms with van der Waals surface area (Å²) in [6.07, 6.45) is 1.40. The monoisotopic (exact) mass is 459 g/mol. The molecule has 1 aliphatic rings. The molecule has 11 heteroatoms. The van der Waals surface area contributed by atoms with Gasteiger partial charge in [0.15, 0.2) is 5.82 Å². The van der Waals surface area contributed by atoms with Crippen molar-refractivity contribution in [2.75, 3.05) is 31.6 Å². The first kappa shape index (κ1) is 22.1. The van der Waals surface area contributed by atoms with Crippen LogP contribution < -0.4 is 5.32 Å². The maximum atomic E-state index is 14.4. The quantitative estimate of drug-likeness (QED) is 0.628. The molecule has 168 valence electrons. The molecule has 0 spiro atoms. The number of hydrogen-bond donors (Lipinski definition) is 1. The van der Waals surface area contributed by atoms with E-state index in [-0.39, 0.29) is 37.6 Å². The van der Waals surface area contributed by atoms with Gasteiger partial charge in [-0.2, -0.15) is 9.40 Å². The second-order valence-electron chi connectivity index (χ2n) is 7.36. The van der Waals surface area contributed by atoms with Gasteiger partial charge in [-0.3, -0.25) is 4.79 Å². The van der Waals surface area contributed by atoms with Crippen molar-refractivity contribution < 1.29 is 22.3 Å². The lowest BCUT2D eigenvalue weighted by molar-refractivity contribution is 0.0729. The van der Waals surface area contributed by atoms with Crippen molar-refractivity contribution >= 4 is 21.6 Å². The third-order valence-electron chi connectivity index (χ3n) is 5.01. The number of hydrogen-bond acceptors (Lipinski definition) is 6. The summed E-state index contributed by atoms with van der Waals surface area (Å²) >= 11 is 0. The van der Waals surface area contributed by atoms with E-state index in [0.717, 1.165) is 23.5 Å². The highest BCUT2D eigenvalue weighted by molar-refractivity contribution is 7.89. The van der Waals surface area contributed by atoms with E-state index < -0.39 is 26.6 Å². The molecule has 0 saturated carbocycles. The normalized spacial score (nSPS) is 15.0. The SMILES string of the molecule is Cc1cc(C)n(-c2ccc(C(=O)Nc3ccc(F)c(S(=O)(=O)N4CCOCC4)c3)cn2)n1. The molecule has 0 radical (unpaired) electrons. The van der Waals surface area contributed by atoms with Gasteiger partial charge in [0.05, 0.1) is 24.5 Å². The number of nitrogens with zero attached hydrogens (tertiary/aromatic N) is 4. The molecule has 1 amide bonds. The van der Waals surface area contributed by atoms with Crippen molar-refractivity contribution in [3.63, 3.8) is 0 Å². The molecule has 1 aromatic carbocycles. The van der Waals surface area contributed by atoms with Crippen molar-refractivity contribution in [1.29, 1.82) is 0 Å². The molecule has 3 aromatic rings. The number of pyridine rings is 1. The molecule has 9 nitrogen and oxygen atoms in total. The van der Waals surface area contributed by atoms with Crippen LogP contribution >= 0.6 is 0 Å². The van der Waals surface area contributed by atoms with E-state index in [9.17, 15) is 17.6 Å². The second-order valence-corrected chi connectivity index (χ2v) is 9.27. The van der Waals surface area contributed by atoms with Crippen LogP contribution in [0.5, 0.6) is 0 Å². The van der Waals surface area contributed by atoms with E-state index >= 15 is 0 Å².